The largest absolute Gasteiger partial charge is 0.376 e. The molecule has 1 saturated heterocycles. The molecule has 2 aromatic heterocycles. The van der Waals surface area contributed by atoms with E-state index in [-0.39, 0.29) is 0 Å². The molecule has 6 nitrogen and oxygen atoms in total. The molecule has 2 N–H and O–H groups in total. The Hall–Kier alpha value is -2.05. The minimum atomic E-state index is 0.292. The quantitative estimate of drug-likeness (QED) is 0.897. The zero-order valence-electron chi connectivity index (χ0n) is 13.1. The Kier molecular flexibility index (Phi) is 4.17. The number of hydrogen-bond donors (Lipinski definition) is 2. The molecule has 0 spiro atoms. The van der Waals surface area contributed by atoms with E-state index >= 15 is 0 Å². The third kappa shape index (κ3) is 3.18. The molecule has 0 saturated carbocycles. The predicted octanol–water partition coefficient (Wildman–Crippen LogP) is 1.78. The van der Waals surface area contributed by atoms with Crippen molar-refractivity contribution in [3.05, 3.63) is 35.7 Å². The average molecular weight is 311 g/mol. The Labute approximate surface area is 135 Å². The van der Waals surface area contributed by atoms with Gasteiger partial charge in [0.05, 0.1) is 11.8 Å². The van der Waals surface area contributed by atoms with E-state index in [1.54, 1.807) is 6.20 Å². The van der Waals surface area contributed by atoms with Gasteiger partial charge in [0.2, 0.25) is 0 Å². The fraction of sp³-hybridized carbons (Fsp3) is 0.471. The first-order valence-electron chi connectivity index (χ1n) is 8.27. The highest BCUT2D eigenvalue weighted by atomic mass is 16.5. The first-order chi connectivity index (χ1) is 11.4. The van der Waals surface area contributed by atoms with Gasteiger partial charge in [-0.2, -0.15) is 0 Å². The van der Waals surface area contributed by atoms with Crippen molar-refractivity contribution in [1.29, 1.82) is 0 Å². The SMILES string of the molecule is c1ccc(-c2nc3c(c(NC[C@@H]4CCCO4)n2)CCNC3)nc1. The lowest BCUT2D eigenvalue weighted by molar-refractivity contribution is 0.120. The molecule has 0 aromatic carbocycles. The summed E-state index contributed by atoms with van der Waals surface area (Å²) in [6.07, 6.45) is 5.29. The van der Waals surface area contributed by atoms with Gasteiger partial charge in [-0.05, 0) is 37.9 Å². The Balaban J connectivity index is 1.64. The van der Waals surface area contributed by atoms with Crippen LogP contribution >= 0.6 is 0 Å². The van der Waals surface area contributed by atoms with E-state index in [2.05, 4.69) is 15.6 Å². The minimum Gasteiger partial charge on any atom is -0.376 e. The van der Waals surface area contributed by atoms with Gasteiger partial charge in [-0.15, -0.1) is 0 Å². The van der Waals surface area contributed by atoms with Crippen molar-refractivity contribution in [2.24, 2.45) is 0 Å². The van der Waals surface area contributed by atoms with Crippen LogP contribution in [0.15, 0.2) is 24.4 Å². The summed E-state index contributed by atoms with van der Waals surface area (Å²) in [6.45, 7) is 3.43. The number of ether oxygens (including phenoxy) is 1. The van der Waals surface area contributed by atoms with Crippen LogP contribution in [-0.2, 0) is 17.7 Å². The van der Waals surface area contributed by atoms with Crippen molar-refractivity contribution < 1.29 is 4.74 Å². The second kappa shape index (κ2) is 6.60. The molecule has 1 fully saturated rings. The molecule has 2 aliphatic rings. The zero-order valence-corrected chi connectivity index (χ0v) is 13.1. The van der Waals surface area contributed by atoms with Crippen LogP contribution in [0.25, 0.3) is 11.5 Å². The Morgan fingerprint density at radius 2 is 2.30 bits per heavy atom. The highest BCUT2D eigenvalue weighted by Crippen LogP contribution is 2.24. The van der Waals surface area contributed by atoms with Gasteiger partial charge in [0, 0.05) is 31.5 Å². The van der Waals surface area contributed by atoms with Crippen LogP contribution in [0.4, 0.5) is 5.82 Å². The van der Waals surface area contributed by atoms with Gasteiger partial charge in [0.1, 0.15) is 11.5 Å². The zero-order chi connectivity index (χ0) is 15.5. The van der Waals surface area contributed by atoms with E-state index in [0.29, 0.717) is 11.9 Å². The maximum atomic E-state index is 5.70. The molecule has 120 valence electrons. The summed E-state index contributed by atoms with van der Waals surface area (Å²) in [5.74, 6) is 1.62. The first kappa shape index (κ1) is 14.5. The molecule has 0 amide bonds. The Morgan fingerprint density at radius 3 is 3.13 bits per heavy atom. The fourth-order valence-electron chi connectivity index (χ4n) is 3.13. The summed E-state index contributed by atoms with van der Waals surface area (Å²) in [6, 6.07) is 5.81. The summed E-state index contributed by atoms with van der Waals surface area (Å²) in [5.41, 5.74) is 3.10. The molecular formula is C17H21N5O. The molecule has 4 rings (SSSR count). The van der Waals surface area contributed by atoms with E-state index in [4.69, 9.17) is 14.7 Å². The highest BCUT2D eigenvalue weighted by molar-refractivity contribution is 5.57. The van der Waals surface area contributed by atoms with Crippen LogP contribution in [-0.4, -0.2) is 40.8 Å². The van der Waals surface area contributed by atoms with E-state index in [9.17, 15) is 0 Å². The van der Waals surface area contributed by atoms with Gasteiger partial charge < -0.3 is 15.4 Å². The number of anilines is 1. The monoisotopic (exact) mass is 311 g/mol. The van der Waals surface area contributed by atoms with Crippen LogP contribution in [0.3, 0.4) is 0 Å². The fourth-order valence-corrected chi connectivity index (χ4v) is 3.13. The lowest BCUT2D eigenvalue weighted by atomic mass is 10.1. The normalized spacial score (nSPS) is 20.3. The summed E-state index contributed by atoms with van der Waals surface area (Å²) >= 11 is 0. The van der Waals surface area contributed by atoms with Crippen molar-refractivity contribution in [3.63, 3.8) is 0 Å². The van der Waals surface area contributed by atoms with Crippen molar-refractivity contribution in [1.82, 2.24) is 20.3 Å². The van der Waals surface area contributed by atoms with E-state index in [1.807, 2.05) is 18.2 Å². The van der Waals surface area contributed by atoms with Gasteiger partial charge in [0.15, 0.2) is 5.82 Å². The summed E-state index contributed by atoms with van der Waals surface area (Å²) < 4.78 is 5.70. The van der Waals surface area contributed by atoms with Crippen LogP contribution in [0.2, 0.25) is 0 Å². The second-order valence-electron chi connectivity index (χ2n) is 5.98. The Morgan fingerprint density at radius 1 is 1.30 bits per heavy atom. The molecule has 1 atom stereocenters. The smallest absolute Gasteiger partial charge is 0.180 e. The van der Waals surface area contributed by atoms with Crippen molar-refractivity contribution in [2.75, 3.05) is 25.0 Å². The summed E-state index contributed by atoms with van der Waals surface area (Å²) in [4.78, 5) is 13.8. The summed E-state index contributed by atoms with van der Waals surface area (Å²) in [7, 11) is 0. The van der Waals surface area contributed by atoms with Crippen LogP contribution in [0.5, 0.6) is 0 Å². The van der Waals surface area contributed by atoms with Crippen LogP contribution in [0.1, 0.15) is 24.1 Å². The Bertz CT molecular complexity index is 670. The standard InChI is InChI=1S/C17H21N5O/c1-2-7-19-14(5-1)17-21-15-11-18-8-6-13(15)16(22-17)20-10-12-4-3-9-23-12/h1-2,5,7,12,18H,3-4,6,8-11H2,(H,20,21,22)/t12-/m0/s1. The maximum Gasteiger partial charge on any atom is 0.180 e. The van der Waals surface area contributed by atoms with Crippen molar-refractivity contribution in [2.45, 2.75) is 31.9 Å². The number of hydrogen-bond acceptors (Lipinski definition) is 6. The maximum absolute atomic E-state index is 5.70. The highest BCUT2D eigenvalue weighted by Gasteiger charge is 2.20. The number of nitrogens with zero attached hydrogens (tertiary/aromatic N) is 3. The molecule has 2 aromatic rings. The molecule has 2 aliphatic heterocycles. The van der Waals surface area contributed by atoms with E-state index < -0.39 is 0 Å². The van der Waals surface area contributed by atoms with Crippen molar-refractivity contribution >= 4 is 5.82 Å². The molecular weight excluding hydrogens is 290 g/mol. The molecule has 0 unspecified atom stereocenters. The lowest BCUT2D eigenvalue weighted by Crippen LogP contribution is -2.28. The molecule has 6 heteroatoms. The molecule has 4 heterocycles. The number of aromatic nitrogens is 3. The van der Waals surface area contributed by atoms with Gasteiger partial charge in [-0.1, -0.05) is 6.07 Å². The van der Waals surface area contributed by atoms with Crippen LogP contribution < -0.4 is 10.6 Å². The van der Waals surface area contributed by atoms with Gasteiger partial charge in [-0.3, -0.25) is 4.98 Å². The number of rotatable bonds is 4. The van der Waals surface area contributed by atoms with E-state index in [0.717, 1.165) is 62.7 Å². The number of nitrogens with one attached hydrogen (secondary N) is 2. The number of pyridine rings is 1. The third-order valence-electron chi connectivity index (χ3n) is 4.35. The first-order valence-corrected chi connectivity index (χ1v) is 8.27. The molecule has 0 aliphatic carbocycles. The van der Waals surface area contributed by atoms with Crippen LogP contribution in [0, 0.1) is 0 Å². The summed E-state index contributed by atoms with van der Waals surface area (Å²) in [5, 5.41) is 6.87. The van der Waals surface area contributed by atoms with Gasteiger partial charge in [-0.25, -0.2) is 9.97 Å². The minimum absolute atomic E-state index is 0.292. The molecule has 0 radical (unpaired) electrons. The average Bonchev–Trinajstić information content (AvgIpc) is 3.14. The van der Waals surface area contributed by atoms with E-state index in [1.165, 1.54) is 5.56 Å². The number of fused-ring (bicyclic) bond motifs is 1. The van der Waals surface area contributed by atoms with Crippen molar-refractivity contribution in [3.8, 4) is 11.5 Å². The molecule has 23 heavy (non-hydrogen) atoms. The molecule has 0 bridgehead atoms. The lowest BCUT2D eigenvalue weighted by Gasteiger charge is -2.21. The van der Waals surface area contributed by atoms with Gasteiger partial charge >= 0.3 is 0 Å². The second-order valence-corrected chi connectivity index (χ2v) is 5.98. The third-order valence-corrected chi connectivity index (χ3v) is 4.35. The topological polar surface area (TPSA) is 72.0 Å². The van der Waals surface area contributed by atoms with Gasteiger partial charge in [0.25, 0.3) is 0 Å². The predicted molar refractivity (Wildman–Crippen MR) is 88.1 cm³/mol.